The molecule has 0 amide bonds. The molecule has 0 saturated carbocycles. The molecule has 0 fully saturated rings. The van der Waals surface area contributed by atoms with E-state index in [2.05, 4.69) is 5.10 Å². The third-order valence-corrected chi connectivity index (χ3v) is 1.67. The second kappa shape index (κ2) is 3.74. The third kappa shape index (κ3) is 2.52. The fourth-order valence-corrected chi connectivity index (χ4v) is 0.940. The molecule has 1 atom stereocenters. The molecule has 0 unspecified atom stereocenters. The van der Waals surface area contributed by atoms with E-state index in [1.165, 1.54) is 0 Å². The zero-order chi connectivity index (χ0) is 8.27. The topological polar surface area (TPSA) is 38.0 Å². The predicted molar refractivity (Wildman–Crippen MR) is 43.5 cm³/mol. The van der Waals surface area contributed by atoms with E-state index < -0.39 is 0 Å². The van der Waals surface area contributed by atoms with Crippen molar-refractivity contribution in [1.29, 1.82) is 0 Å². The minimum atomic E-state index is -0.328. The molecular formula is C7H11ClN2O. The van der Waals surface area contributed by atoms with Crippen molar-refractivity contribution in [2.24, 2.45) is 0 Å². The zero-order valence-electron chi connectivity index (χ0n) is 6.37. The van der Waals surface area contributed by atoms with E-state index in [-0.39, 0.29) is 6.10 Å². The molecule has 4 heteroatoms. The first kappa shape index (κ1) is 8.56. The summed E-state index contributed by atoms with van der Waals surface area (Å²) in [5.41, 5.74) is 0. The summed E-state index contributed by atoms with van der Waals surface area (Å²) in [5, 5.41) is 13.8. The average molecular weight is 175 g/mol. The van der Waals surface area contributed by atoms with Gasteiger partial charge in [-0.15, -0.1) is 0 Å². The van der Waals surface area contributed by atoms with Crippen molar-refractivity contribution in [2.75, 3.05) is 0 Å². The van der Waals surface area contributed by atoms with E-state index in [1.807, 2.05) is 6.92 Å². The first-order valence-corrected chi connectivity index (χ1v) is 3.96. The Morgan fingerprint density at radius 2 is 2.55 bits per heavy atom. The SMILES string of the molecule is CC[C@@H](O)Cn1cc(Cl)cn1. The van der Waals surface area contributed by atoms with Crippen molar-refractivity contribution in [3.63, 3.8) is 0 Å². The Labute approximate surface area is 70.6 Å². The van der Waals surface area contributed by atoms with Crippen LogP contribution in [0.15, 0.2) is 12.4 Å². The molecule has 11 heavy (non-hydrogen) atoms. The Hall–Kier alpha value is -0.540. The molecule has 62 valence electrons. The van der Waals surface area contributed by atoms with Crippen LogP contribution in [0.1, 0.15) is 13.3 Å². The highest BCUT2D eigenvalue weighted by Gasteiger charge is 2.02. The molecule has 0 radical (unpaired) electrons. The maximum atomic E-state index is 9.22. The van der Waals surface area contributed by atoms with Crippen LogP contribution >= 0.6 is 11.6 Å². The van der Waals surface area contributed by atoms with Gasteiger partial charge in [0.15, 0.2) is 0 Å². The third-order valence-electron chi connectivity index (χ3n) is 1.47. The van der Waals surface area contributed by atoms with Gasteiger partial charge in [0.1, 0.15) is 0 Å². The minimum absolute atomic E-state index is 0.328. The van der Waals surface area contributed by atoms with Crippen LogP contribution in [0.3, 0.4) is 0 Å². The van der Waals surface area contributed by atoms with Gasteiger partial charge in [0, 0.05) is 6.20 Å². The lowest BCUT2D eigenvalue weighted by molar-refractivity contribution is 0.145. The first-order valence-electron chi connectivity index (χ1n) is 3.58. The van der Waals surface area contributed by atoms with E-state index >= 15 is 0 Å². The lowest BCUT2D eigenvalue weighted by Crippen LogP contribution is -2.14. The van der Waals surface area contributed by atoms with Crippen LogP contribution in [0.4, 0.5) is 0 Å². The smallest absolute Gasteiger partial charge is 0.0785 e. The number of aromatic nitrogens is 2. The molecule has 1 aromatic rings. The normalized spacial score (nSPS) is 13.4. The van der Waals surface area contributed by atoms with Gasteiger partial charge in [-0.3, -0.25) is 4.68 Å². The molecule has 0 aromatic carbocycles. The average Bonchev–Trinajstić information content (AvgIpc) is 2.35. The van der Waals surface area contributed by atoms with Gasteiger partial charge in [-0.2, -0.15) is 5.10 Å². The van der Waals surface area contributed by atoms with Crippen LogP contribution in [0.2, 0.25) is 5.02 Å². The number of rotatable bonds is 3. The van der Waals surface area contributed by atoms with E-state index in [0.29, 0.717) is 11.6 Å². The number of halogens is 1. The summed E-state index contributed by atoms with van der Waals surface area (Å²) in [5.74, 6) is 0. The summed E-state index contributed by atoms with van der Waals surface area (Å²) in [4.78, 5) is 0. The van der Waals surface area contributed by atoms with Crippen molar-refractivity contribution >= 4 is 11.6 Å². The molecule has 0 spiro atoms. The summed E-state index contributed by atoms with van der Waals surface area (Å²) in [6.07, 6.45) is 3.66. The quantitative estimate of drug-likeness (QED) is 0.751. The van der Waals surface area contributed by atoms with E-state index in [0.717, 1.165) is 6.42 Å². The summed E-state index contributed by atoms with van der Waals surface area (Å²) in [6.45, 7) is 2.44. The van der Waals surface area contributed by atoms with Crippen molar-refractivity contribution in [2.45, 2.75) is 26.0 Å². The Bertz CT molecular complexity index is 224. The second-order valence-electron chi connectivity index (χ2n) is 2.44. The minimum Gasteiger partial charge on any atom is -0.391 e. The van der Waals surface area contributed by atoms with Gasteiger partial charge in [-0.25, -0.2) is 0 Å². The Kier molecular flexibility index (Phi) is 2.91. The number of aliphatic hydroxyl groups is 1. The lowest BCUT2D eigenvalue weighted by Gasteiger charge is -2.06. The maximum Gasteiger partial charge on any atom is 0.0785 e. The molecule has 0 aliphatic rings. The molecule has 0 saturated heterocycles. The number of nitrogens with zero attached hydrogens (tertiary/aromatic N) is 2. The van der Waals surface area contributed by atoms with Crippen molar-refractivity contribution in [3.05, 3.63) is 17.4 Å². The van der Waals surface area contributed by atoms with Gasteiger partial charge >= 0.3 is 0 Å². The van der Waals surface area contributed by atoms with Gasteiger partial charge in [0.2, 0.25) is 0 Å². The standard InChI is InChI=1S/C7H11ClN2O/c1-2-7(11)5-10-4-6(8)3-9-10/h3-4,7,11H,2,5H2,1H3/t7-/m1/s1. The summed E-state index contributed by atoms with van der Waals surface area (Å²) in [6, 6.07) is 0. The number of aliphatic hydroxyl groups excluding tert-OH is 1. The summed E-state index contributed by atoms with van der Waals surface area (Å²) in [7, 11) is 0. The van der Waals surface area contributed by atoms with Gasteiger partial charge in [-0.05, 0) is 6.42 Å². The molecule has 0 aliphatic carbocycles. The summed E-state index contributed by atoms with van der Waals surface area (Å²) < 4.78 is 1.64. The zero-order valence-corrected chi connectivity index (χ0v) is 7.12. The molecule has 0 bridgehead atoms. The van der Waals surface area contributed by atoms with E-state index in [4.69, 9.17) is 11.6 Å². The Morgan fingerprint density at radius 3 is 3.00 bits per heavy atom. The maximum absolute atomic E-state index is 9.22. The highest BCUT2D eigenvalue weighted by molar-refractivity contribution is 6.30. The molecule has 1 aromatic heterocycles. The van der Waals surface area contributed by atoms with Crippen LogP contribution < -0.4 is 0 Å². The van der Waals surface area contributed by atoms with Crippen LogP contribution in [0.5, 0.6) is 0 Å². The van der Waals surface area contributed by atoms with Crippen LogP contribution in [0.25, 0.3) is 0 Å². The van der Waals surface area contributed by atoms with Crippen molar-refractivity contribution < 1.29 is 5.11 Å². The molecular weight excluding hydrogens is 164 g/mol. The van der Waals surface area contributed by atoms with Gasteiger partial charge in [0.05, 0.1) is 23.9 Å². The Morgan fingerprint density at radius 1 is 1.82 bits per heavy atom. The fraction of sp³-hybridized carbons (Fsp3) is 0.571. The largest absolute Gasteiger partial charge is 0.391 e. The highest BCUT2D eigenvalue weighted by atomic mass is 35.5. The molecule has 1 heterocycles. The van der Waals surface area contributed by atoms with Crippen LogP contribution in [0, 0.1) is 0 Å². The van der Waals surface area contributed by atoms with Gasteiger partial charge < -0.3 is 5.11 Å². The monoisotopic (exact) mass is 174 g/mol. The van der Waals surface area contributed by atoms with Gasteiger partial charge in [-0.1, -0.05) is 18.5 Å². The first-order chi connectivity index (χ1) is 5.22. The van der Waals surface area contributed by atoms with Crippen molar-refractivity contribution in [3.8, 4) is 0 Å². The highest BCUT2D eigenvalue weighted by Crippen LogP contribution is 2.05. The molecule has 0 aliphatic heterocycles. The molecule has 3 nitrogen and oxygen atoms in total. The van der Waals surface area contributed by atoms with Crippen LogP contribution in [-0.4, -0.2) is 21.0 Å². The van der Waals surface area contributed by atoms with E-state index in [1.54, 1.807) is 17.1 Å². The van der Waals surface area contributed by atoms with Crippen LogP contribution in [-0.2, 0) is 6.54 Å². The summed E-state index contributed by atoms with van der Waals surface area (Å²) >= 11 is 5.62. The van der Waals surface area contributed by atoms with E-state index in [9.17, 15) is 5.11 Å². The molecule has 1 rings (SSSR count). The number of hydrogen-bond acceptors (Lipinski definition) is 2. The fourth-order valence-electron chi connectivity index (χ4n) is 0.783. The second-order valence-corrected chi connectivity index (χ2v) is 2.88. The van der Waals surface area contributed by atoms with Crippen molar-refractivity contribution in [1.82, 2.24) is 9.78 Å². The Balaban J connectivity index is 2.50. The predicted octanol–water partition coefficient (Wildman–Crippen LogP) is 1.31. The lowest BCUT2D eigenvalue weighted by atomic mass is 10.3. The number of hydrogen-bond donors (Lipinski definition) is 1. The molecule has 1 N–H and O–H groups in total. The van der Waals surface area contributed by atoms with Gasteiger partial charge in [0.25, 0.3) is 0 Å².